The molecule has 0 saturated heterocycles. The predicted octanol–water partition coefficient (Wildman–Crippen LogP) is 1.90. The van der Waals surface area contributed by atoms with Crippen molar-refractivity contribution in [2.75, 3.05) is 6.54 Å². The number of carbonyl (C=O) groups is 1. The summed E-state index contributed by atoms with van der Waals surface area (Å²) in [5.41, 5.74) is 0. The zero-order chi connectivity index (χ0) is 8.15. The van der Waals surface area contributed by atoms with Crippen LogP contribution in [-0.2, 0) is 0 Å². The highest BCUT2D eigenvalue weighted by molar-refractivity contribution is 5.63. The van der Waals surface area contributed by atoms with Crippen LogP contribution in [0.4, 0.5) is 9.28 Å². The van der Waals surface area contributed by atoms with Gasteiger partial charge in [-0.3, -0.25) is 0 Å². The predicted molar refractivity (Wildman–Crippen MR) is 35.3 cm³/mol. The van der Waals surface area contributed by atoms with Gasteiger partial charge >= 0.3 is 6.09 Å². The van der Waals surface area contributed by atoms with E-state index in [4.69, 9.17) is 5.11 Å². The first kappa shape index (κ1) is 9.20. The Balaban J connectivity index is 3.40. The van der Waals surface area contributed by atoms with Gasteiger partial charge in [-0.2, -0.15) is 0 Å². The van der Waals surface area contributed by atoms with E-state index < -0.39 is 6.09 Å². The highest BCUT2D eigenvalue weighted by Crippen LogP contribution is 2.01. The smallest absolute Gasteiger partial charge is 0.435 e. The average Bonchev–Trinajstić information content (AvgIpc) is 1.82. The van der Waals surface area contributed by atoms with E-state index in [0.717, 1.165) is 0 Å². The molecule has 0 heterocycles. The van der Waals surface area contributed by atoms with Gasteiger partial charge in [-0.1, -0.05) is 18.3 Å². The Morgan fingerprint density at radius 1 is 1.70 bits per heavy atom. The Hall–Kier alpha value is -0.800. The van der Waals surface area contributed by atoms with Gasteiger partial charge in [0.05, 0.1) is 6.54 Å². The summed E-state index contributed by atoms with van der Waals surface area (Å²) in [5.74, 6) is 0.331. The minimum absolute atomic E-state index is 0.0347. The molecule has 0 atom stereocenters. The van der Waals surface area contributed by atoms with E-state index in [1.807, 2.05) is 13.8 Å². The molecule has 0 aromatic rings. The zero-order valence-corrected chi connectivity index (χ0v) is 6.17. The molecule has 0 radical (unpaired) electrons. The summed E-state index contributed by atoms with van der Waals surface area (Å²) in [6.45, 7) is 3.79. The molecule has 0 spiro atoms. The van der Waals surface area contributed by atoms with Gasteiger partial charge in [-0.25, -0.2) is 4.79 Å². The molecular weight excluding hydrogens is 137 g/mol. The molecule has 0 rings (SSSR count). The molecule has 0 aliphatic rings. The number of amides is 1. The normalized spacial score (nSPS) is 10.0. The SMILES string of the molecule is CC(C)CCN(F)C(=O)O. The van der Waals surface area contributed by atoms with Gasteiger partial charge in [-0.05, 0) is 12.3 Å². The molecule has 0 aliphatic carbocycles. The van der Waals surface area contributed by atoms with Crippen LogP contribution in [0.5, 0.6) is 0 Å². The minimum atomic E-state index is -1.51. The van der Waals surface area contributed by atoms with Crippen molar-refractivity contribution in [2.45, 2.75) is 20.3 Å². The lowest BCUT2D eigenvalue weighted by Crippen LogP contribution is -2.22. The van der Waals surface area contributed by atoms with Crippen LogP contribution in [0, 0.1) is 5.92 Å². The monoisotopic (exact) mass is 149 g/mol. The molecule has 1 N–H and O–H groups in total. The number of hydrogen-bond acceptors (Lipinski definition) is 1. The standard InChI is InChI=1S/C6H12FNO2/c1-5(2)3-4-8(7)6(9)10/h5H,3-4H2,1-2H3,(H,9,10). The Kier molecular flexibility index (Phi) is 3.76. The lowest BCUT2D eigenvalue weighted by Gasteiger charge is -2.08. The number of rotatable bonds is 3. The van der Waals surface area contributed by atoms with Crippen LogP contribution >= 0.6 is 0 Å². The summed E-state index contributed by atoms with van der Waals surface area (Å²) in [4.78, 5) is 9.86. The third-order valence-electron chi connectivity index (χ3n) is 1.11. The van der Waals surface area contributed by atoms with Crippen LogP contribution in [0.3, 0.4) is 0 Å². The quantitative estimate of drug-likeness (QED) is 0.622. The second kappa shape index (κ2) is 4.09. The molecule has 0 bridgehead atoms. The molecule has 0 aliphatic heterocycles. The van der Waals surface area contributed by atoms with Crippen molar-refractivity contribution in [3.63, 3.8) is 0 Å². The Morgan fingerprint density at radius 2 is 2.20 bits per heavy atom. The summed E-state index contributed by atoms with van der Waals surface area (Å²) < 4.78 is 12.1. The van der Waals surface area contributed by atoms with Gasteiger partial charge in [0.15, 0.2) is 0 Å². The van der Waals surface area contributed by atoms with Crippen LogP contribution in [0.1, 0.15) is 20.3 Å². The summed E-state index contributed by atoms with van der Waals surface area (Å²) in [5, 5.41) is 7.85. The molecule has 0 aromatic heterocycles. The second-order valence-corrected chi connectivity index (χ2v) is 2.55. The molecule has 0 aromatic carbocycles. The number of nitrogens with zero attached hydrogens (tertiary/aromatic N) is 1. The highest BCUT2D eigenvalue weighted by Gasteiger charge is 2.09. The summed E-state index contributed by atoms with van der Waals surface area (Å²) in [6, 6.07) is 0. The topological polar surface area (TPSA) is 40.5 Å². The van der Waals surface area contributed by atoms with E-state index in [1.165, 1.54) is 0 Å². The van der Waals surface area contributed by atoms with E-state index in [9.17, 15) is 9.28 Å². The Labute approximate surface area is 59.4 Å². The van der Waals surface area contributed by atoms with E-state index in [0.29, 0.717) is 12.3 Å². The fraction of sp³-hybridized carbons (Fsp3) is 0.833. The van der Waals surface area contributed by atoms with E-state index in [-0.39, 0.29) is 11.7 Å². The third kappa shape index (κ3) is 4.12. The van der Waals surface area contributed by atoms with Crippen LogP contribution in [0.15, 0.2) is 0 Å². The molecule has 0 fully saturated rings. The van der Waals surface area contributed by atoms with Gasteiger partial charge < -0.3 is 5.11 Å². The maximum absolute atomic E-state index is 12.1. The van der Waals surface area contributed by atoms with Crippen LogP contribution in [0.25, 0.3) is 0 Å². The summed E-state index contributed by atoms with van der Waals surface area (Å²) in [6.07, 6.45) is -0.955. The molecule has 3 nitrogen and oxygen atoms in total. The largest absolute Gasteiger partial charge is 0.463 e. The van der Waals surface area contributed by atoms with Crippen LogP contribution in [-0.4, -0.2) is 22.9 Å². The lowest BCUT2D eigenvalue weighted by atomic mass is 10.1. The molecular formula is C6H12FNO2. The van der Waals surface area contributed by atoms with Gasteiger partial charge in [0, 0.05) is 0 Å². The first-order valence-corrected chi connectivity index (χ1v) is 3.20. The first-order valence-electron chi connectivity index (χ1n) is 3.20. The van der Waals surface area contributed by atoms with Gasteiger partial charge in [0.1, 0.15) is 0 Å². The van der Waals surface area contributed by atoms with Crippen LogP contribution in [0.2, 0.25) is 0 Å². The number of carboxylic acid groups (broad SMARTS) is 1. The molecule has 60 valence electrons. The van der Waals surface area contributed by atoms with Crippen molar-refractivity contribution in [2.24, 2.45) is 5.92 Å². The number of hydrogen-bond donors (Lipinski definition) is 1. The maximum atomic E-state index is 12.1. The van der Waals surface area contributed by atoms with E-state index >= 15 is 0 Å². The zero-order valence-electron chi connectivity index (χ0n) is 6.17. The Morgan fingerprint density at radius 3 is 2.50 bits per heavy atom. The van der Waals surface area contributed by atoms with Crippen molar-refractivity contribution >= 4 is 6.09 Å². The fourth-order valence-corrected chi connectivity index (χ4v) is 0.467. The van der Waals surface area contributed by atoms with Crippen molar-refractivity contribution in [3.8, 4) is 0 Å². The van der Waals surface area contributed by atoms with Crippen molar-refractivity contribution in [1.29, 1.82) is 0 Å². The molecule has 1 amide bonds. The average molecular weight is 149 g/mol. The minimum Gasteiger partial charge on any atom is -0.463 e. The molecule has 0 unspecified atom stereocenters. The number of halogens is 1. The molecule has 0 saturated carbocycles. The van der Waals surface area contributed by atoms with Crippen molar-refractivity contribution in [1.82, 2.24) is 5.12 Å². The molecule has 4 heteroatoms. The van der Waals surface area contributed by atoms with Crippen molar-refractivity contribution < 1.29 is 14.4 Å². The first-order chi connectivity index (χ1) is 4.54. The highest BCUT2D eigenvalue weighted by atomic mass is 19.2. The maximum Gasteiger partial charge on any atom is 0.435 e. The third-order valence-corrected chi connectivity index (χ3v) is 1.11. The van der Waals surface area contributed by atoms with E-state index in [1.54, 1.807) is 0 Å². The van der Waals surface area contributed by atoms with Gasteiger partial charge in [-0.15, -0.1) is 5.12 Å². The summed E-state index contributed by atoms with van der Waals surface area (Å²) in [7, 11) is 0. The molecule has 10 heavy (non-hydrogen) atoms. The summed E-state index contributed by atoms with van der Waals surface area (Å²) >= 11 is 0. The lowest BCUT2D eigenvalue weighted by molar-refractivity contribution is 0.0285. The van der Waals surface area contributed by atoms with Gasteiger partial charge in [0.25, 0.3) is 0 Å². The van der Waals surface area contributed by atoms with Crippen LogP contribution < -0.4 is 0 Å². The fourth-order valence-electron chi connectivity index (χ4n) is 0.467. The Bertz CT molecular complexity index is 116. The second-order valence-electron chi connectivity index (χ2n) is 2.55. The van der Waals surface area contributed by atoms with E-state index in [2.05, 4.69) is 0 Å². The van der Waals surface area contributed by atoms with Gasteiger partial charge in [0.2, 0.25) is 0 Å². The van der Waals surface area contributed by atoms with Crippen molar-refractivity contribution in [3.05, 3.63) is 0 Å².